The van der Waals surface area contributed by atoms with Gasteiger partial charge in [-0.05, 0) is 54.2 Å². The van der Waals surface area contributed by atoms with Crippen molar-refractivity contribution in [2.45, 2.75) is 24.9 Å². The van der Waals surface area contributed by atoms with Crippen LogP contribution in [0.2, 0.25) is 5.02 Å². The van der Waals surface area contributed by atoms with Crippen molar-refractivity contribution >= 4 is 36.7 Å². The van der Waals surface area contributed by atoms with E-state index in [9.17, 15) is 9.59 Å². The zero-order chi connectivity index (χ0) is 21.8. The first-order valence-electron chi connectivity index (χ1n) is 9.84. The van der Waals surface area contributed by atoms with Crippen molar-refractivity contribution in [2.24, 2.45) is 0 Å². The molecule has 0 atom stereocenters. The largest absolute Gasteiger partial charge is 0.458 e. The molecule has 1 aliphatic carbocycles. The molecular weight excluding hydrogens is 415 g/mol. The second-order valence-electron chi connectivity index (χ2n) is 7.50. The van der Waals surface area contributed by atoms with Crippen LogP contribution in [-0.2, 0) is 11.3 Å². The molecule has 9 heteroatoms. The van der Waals surface area contributed by atoms with Crippen LogP contribution in [-0.4, -0.2) is 35.2 Å². The molecule has 0 unspecified atom stereocenters. The minimum Gasteiger partial charge on any atom is -0.458 e. The van der Waals surface area contributed by atoms with Crippen LogP contribution in [0.5, 0.6) is 11.5 Å². The van der Waals surface area contributed by atoms with Crippen LogP contribution in [0, 0.1) is 0 Å². The highest BCUT2D eigenvalue weighted by Gasteiger charge is 2.51. The Bertz CT molecular complexity index is 1110. The molecule has 0 bridgehead atoms. The van der Waals surface area contributed by atoms with Gasteiger partial charge < -0.3 is 15.4 Å². The minimum absolute atomic E-state index is 0.199. The van der Waals surface area contributed by atoms with Crippen molar-refractivity contribution in [2.75, 3.05) is 0 Å². The van der Waals surface area contributed by atoms with Crippen molar-refractivity contribution in [1.82, 2.24) is 20.6 Å². The number of aromatic nitrogens is 2. The van der Waals surface area contributed by atoms with Crippen molar-refractivity contribution in [3.05, 3.63) is 77.3 Å². The highest BCUT2D eigenvalue weighted by molar-refractivity contribution is 6.37. The van der Waals surface area contributed by atoms with Gasteiger partial charge in [-0.2, -0.15) is 0 Å². The van der Waals surface area contributed by atoms with Gasteiger partial charge in [0.05, 0.1) is 5.56 Å². The van der Waals surface area contributed by atoms with E-state index in [4.69, 9.17) is 16.3 Å². The Morgan fingerprint density at radius 2 is 1.81 bits per heavy atom. The molecule has 1 fully saturated rings. The highest BCUT2D eigenvalue weighted by Crippen LogP contribution is 2.36. The van der Waals surface area contributed by atoms with Gasteiger partial charge in [-0.15, -0.1) is 0 Å². The number of rotatable bonds is 7. The third kappa shape index (κ3) is 5.03. The summed E-state index contributed by atoms with van der Waals surface area (Å²) < 4.78 is 5.89. The van der Waals surface area contributed by atoms with Gasteiger partial charge >= 0.3 is 0 Å². The summed E-state index contributed by atoms with van der Waals surface area (Å²) in [5, 5.41) is 6.37. The Labute approximate surface area is 185 Å². The lowest BCUT2D eigenvalue weighted by molar-refractivity contribution is -0.124. The number of carbonyl (C=O) groups is 2. The molecule has 4 rings (SSSR count). The molecule has 1 saturated carbocycles. The summed E-state index contributed by atoms with van der Waals surface area (Å²) in [6, 6.07) is 12.9. The van der Waals surface area contributed by atoms with Crippen molar-refractivity contribution in [3.63, 3.8) is 0 Å². The molecule has 1 aliphatic rings. The second-order valence-corrected chi connectivity index (χ2v) is 7.94. The molecule has 3 aromatic rings. The second kappa shape index (κ2) is 8.77. The van der Waals surface area contributed by atoms with Crippen LogP contribution in [0.3, 0.4) is 0 Å². The zero-order valence-electron chi connectivity index (χ0n) is 16.9. The van der Waals surface area contributed by atoms with Crippen LogP contribution in [0.4, 0.5) is 0 Å². The first-order valence-corrected chi connectivity index (χ1v) is 10.2. The molecule has 0 saturated heterocycles. The first kappa shape index (κ1) is 20.9. The van der Waals surface area contributed by atoms with Crippen LogP contribution in [0.15, 0.2) is 61.2 Å². The van der Waals surface area contributed by atoms with E-state index >= 15 is 0 Å². The summed E-state index contributed by atoms with van der Waals surface area (Å²) in [6.45, 7) is 0.352. The molecule has 1 heterocycles. The Kier molecular flexibility index (Phi) is 5.91. The lowest BCUT2D eigenvalue weighted by atomic mass is 9.95. The Morgan fingerprint density at radius 3 is 2.45 bits per heavy atom. The fourth-order valence-electron chi connectivity index (χ4n) is 3.12. The maximum Gasteiger partial charge on any atom is 0.255 e. The van der Waals surface area contributed by atoms with Crippen LogP contribution in [0.25, 0.3) is 0 Å². The smallest absolute Gasteiger partial charge is 0.255 e. The predicted octanol–water partition coefficient (Wildman–Crippen LogP) is 1.76. The van der Waals surface area contributed by atoms with Gasteiger partial charge in [-0.25, -0.2) is 9.97 Å². The molecule has 0 spiro atoms. The van der Waals surface area contributed by atoms with Crippen LogP contribution < -0.4 is 20.8 Å². The summed E-state index contributed by atoms with van der Waals surface area (Å²) in [5.41, 5.74) is 1.34. The Balaban J connectivity index is 1.31. The summed E-state index contributed by atoms with van der Waals surface area (Å²) in [4.78, 5) is 32.6. The van der Waals surface area contributed by atoms with E-state index in [1.54, 1.807) is 6.07 Å². The van der Waals surface area contributed by atoms with Crippen molar-refractivity contribution in [3.8, 4) is 11.5 Å². The number of hydrogen-bond donors (Lipinski definition) is 2. The van der Waals surface area contributed by atoms with E-state index in [2.05, 4.69) is 20.6 Å². The number of ether oxygens (including phenoxy) is 1. The van der Waals surface area contributed by atoms with Gasteiger partial charge in [0, 0.05) is 24.0 Å². The summed E-state index contributed by atoms with van der Waals surface area (Å²) >= 11 is 5.98. The number of nitrogens with one attached hydrogen (secondary N) is 2. The first-order chi connectivity index (χ1) is 14.9. The monoisotopic (exact) mass is 434 g/mol. The molecule has 1 aromatic heterocycles. The molecule has 0 aliphatic heterocycles. The fourth-order valence-corrected chi connectivity index (χ4v) is 3.35. The maximum absolute atomic E-state index is 12.6. The third-order valence-electron chi connectivity index (χ3n) is 5.10. The highest BCUT2D eigenvalue weighted by atomic mass is 35.5. The van der Waals surface area contributed by atoms with Gasteiger partial charge in [0.15, 0.2) is 0 Å². The lowest BCUT2D eigenvalue weighted by Gasteiger charge is -2.17. The van der Waals surface area contributed by atoms with Gasteiger partial charge in [0.25, 0.3) is 5.91 Å². The summed E-state index contributed by atoms with van der Waals surface area (Å²) in [5.74, 6) is 0.874. The number of nitrogens with zero attached hydrogens (tertiary/aromatic N) is 2. The molecule has 2 amide bonds. The number of amides is 2. The number of benzene rings is 2. The van der Waals surface area contributed by atoms with Gasteiger partial charge in [-0.3, -0.25) is 9.59 Å². The van der Waals surface area contributed by atoms with E-state index in [1.165, 1.54) is 18.7 Å². The average Bonchev–Trinajstić information content (AvgIpc) is 3.56. The van der Waals surface area contributed by atoms with Crippen LogP contribution in [0.1, 0.15) is 28.8 Å². The molecule has 2 N–H and O–H groups in total. The molecule has 0 radical (unpaired) electrons. The van der Waals surface area contributed by atoms with Gasteiger partial charge in [-0.1, -0.05) is 23.7 Å². The topological polar surface area (TPSA) is 93.2 Å². The van der Waals surface area contributed by atoms with E-state index in [0.717, 1.165) is 16.8 Å². The molecule has 7 nitrogen and oxygen atoms in total. The minimum atomic E-state index is -0.859. The zero-order valence-corrected chi connectivity index (χ0v) is 17.6. The fraction of sp³-hybridized carbons (Fsp3) is 0.182. The number of hydrogen-bond acceptors (Lipinski definition) is 5. The SMILES string of the molecule is Bc1cc(Cl)ccc1Oc1ccc(CNC(=O)C2(NC(=O)c3cncnc3)CC2)cc1. The Hall–Kier alpha value is -3.39. The average molecular weight is 435 g/mol. The molecular formula is C22H20BClN4O3. The van der Waals surface area contributed by atoms with Crippen LogP contribution >= 0.6 is 11.6 Å². The summed E-state index contributed by atoms with van der Waals surface area (Å²) in [7, 11) is 1.93. The predicted molar refractivity (Wildman–Crippen MR) is 119 cm³/mol. The molecule has 2 aromatic carbocycles. The van der Waals surface area contributed by atoms with Gasteiger partial charge in [0.2, 0.25) is 5.91 Å². The van der Waals surface area contributed by atoms with Crippen molar-refractivity contribution < 1.29 is 14.3 Å². The van der Waals surface area contributed by atoms with Gasteiger partial charge in [0.1, 0.15) is 31.2 Å². The van der Waals surface area contributed by atoms with E-state index in [1.807, 2.05) is 44.2 Å². The lowest BCUT2D eigenvalue weighted by Crippen LogP contribution is -2.48. The third-order valence-corrected chi connectivity index (χ3v) is 5.34. The molecule has 156 valence electrons. The molecule has 31 heavy (non-hydrogen) atoms. The maximum atomic E-state index is 12.6. The van der Waals surface area contributed by atoms with E-state index in [0.29, 0.717) is 35.7 Å². The number of carbonyl (C=O) groups excluding carboxylic acids is 2. The number of halogens is 1. The van der Waals surface area contributed by atoms with Crippen molar-refractivity contribution in [1.29, 1.82) is 0 Å². The van der Waals surface area contributed by atoms with E-state index < -0.39 is 5.54 Å². The normalized spacial score (nSPS) is 13.8. The standard InChI is InChI=1S/C22H20BClN4O3/c23-18-9-16(24)3-6-19(18)31-17-4-1-14(2-5-17)10-27-21(30)22(7-8-22)28-20(29)15-11-25-13-26-12-15/h1-6,9,11-13H,7-8,10,23H2,(H,27,30)(H,28,29). The van der Waals surface area contributed by atoms with E-state index in [-0.39, 0.29) is 11.8 Å². The summed E-state index contributed by atoms with van der Waals surface area (Å²) in [6.07, 6.45) is 5.40. The quantitative estimate of drug-likeness (QED) is 0.553. The Morgan fingerprint density at radius 1 is 1.10 bits per heavy atom.